The molecule has 27 heavy (non-hydrogen) atoms. The Morgan fingerprint density at radius 1 is 1.48 bits per heavy atom. The predicted octanol–water partition coefficient (Wildman–Crippen LogP) is 1.53. The van der Waals surface area contributed by atoms with Crippen molar-refractivity contribution in [3.63, 3.8) is 0 Å². The van der Waals surface area contributed by atoms with Crippen molar-refractivity contribution >= 4 is 28.5 Å². The number of hydrazine groups is 1. The molecule has 0 spiro atoms. The zero-order valence-corrected chi connectivity index (χ0v) is 15.9. The molecule has 3 heterocycles. The molecule has 1 unspecified atom stereocenters. The first-order chi connectivity index (χ1) is 12.9. The Morgan fingerprint density at radius 2 is 2.30 bits per heavy atom. The third-order valence-electron chi connectivity index (χ3n) is 4.92. The number of carbonyl (C=O) groups excluding carboxylic acids is 1. The fourth-order valence-corrected chi connectivity index (χ4v) is 4.13. The van der Waals surface area contributed by atoms with Gasteiger partial charge in [0.25, 0.3) is 0 Å². The van der Waals surface area contributed by atoms with Crippen LogP contribution in [0.5, 0.6) is 0 Å². The summed E-state index contributed by atoms with van der Waals surface area (Å²) in [5.41, 5.74) is 8.94. The van der Waals surface area contributed by atoms with Crippen LogP contribution in [0.4, 0.5) is 10.1 Å². The lowest BCUT2D eigenvalue weighted by Crippen LogP contribution is -2.42. The molecule has 4 rings (SSSR count). The largest absolute Gasteiger partial charge is 0.378 e. The van der Waals surface area contributed by atoms with Crippen LogP contribution in [0.15, 0.2) is 46.6 Å². The maximum absolute atomic E-state index is 14.5. The average molecular weight is 388 g/mol. The number of halogens is 1. The van der Waals surface area contributed by atoms with E-state index in [1.807, 2.05) is 18.1 Å². The highest BCUT2D eigenvalue weighted by molar-refractivity contribution is 8.16. The standard InChI is InChI=1S/C18H21FN6OS/c1-18(5-8-27-17(20)22-18)12-9-11(3-4-13(12)19)21-16(26)14-10-15-24(2)6-7-25(15)23-14/h3-5,8-10,14,23H,6-7H2,1-2H3,(H2,20,22)(H,21,26)/t14?,18-/m0/s1. The Hall–Kier alpha value is -2.52. The number of carbonyl (C=O) groups is 1. The van der Waals surface area contributed by atoms with Crippen molar-refractivity contribution in [2.75, 3.05) is 25.5 Å². The quantitative estimate of drug-likeness (QED) is 0.728. The van der Waals surface area contributed by atoms with Gasteiger partial charge in [-0.15, -0.1) is 0 Å². The van der Waals surface area contributed by atoms with Gasteiger partial charge in [-0.25, -0.2) is 14.8 Å². The summed E-state index contributed by atoms with van der Waals surface area (Å²) in [5.74, 6) is 0.398. The summed E-state index contributed by atoms with van der Waals surface area (Å²) < 4.78 is 14.5. The van der Waals surface area contributed by atoms with Crippen LogP contribution < -0.4 is 16.5 Å². The molecule has 1 saturated heterocycles. The van der Waals surface area contributed by atoms with E-state index in [4.69, 9.17) is 5.73 Å². The molecular weight excluding hydrogens is 367 g/mol. The summed E-state index contributed by atoms with van der Waals surface area (Å²) in [6, 6.07) is 4.03. The molecule has 3 aliphatic rings. The fraction of sp³-hybridized carbons (Fsp3) is 0.333. The number of anilines is 1. The molecular formula is C18H21FN6OS. The van der Waals surface area contributed by atoms with E-state index in [1.165, 1.54) is 17.8 Å². The number of hydrogen-bond acceptors (Lipinski definition) is 7. The molecule has 7 nitrogen and oxygen atoms in total. The third-order valence-corrected chi connectivity index (χ3v) is 5.53. The van der Waals surface area contributed by atoms with E-state index < -0.39 is 17.4 Å². The summed E-state index contributed by atoms with van der Waals surface area (Å²) in [6.45, 7) is 3.53. The number of nitrogens with two attached hydrogens (primary N) is 1. The normalized spacial score (nSPS) is 26.7. The highest BCUT2D eigenvalue weighted by Gasteiger charge is 2.34. The number of amidine groups is 1. The molecule has 1 amide bonds. The van der Waals surface area contributed by atoms with Crippen molar-refractivity contribution in [1.82, 2.24) is 15.3 Å². The van der Waals surface area contributed by atoms with Gasteiger partial charge in [0.2, 0.25) is 5.91 Å². The molecule has 1 aromatic carbocycles. The minimum absolute atomic E-state index is 0.203. The number of nitrogens with zero attached hydrogens (tertiary/aromatic N) is 3. The van der Waals surface area contributed by atoms with Gasteiger partial charge < -0.3 is 16.0 Å². The van der Waals surface area contributed by atoms with Crippen molar-refractivity contribution in [1.29, 1.82) is 0 Å². The van der Waals surface area contributed by atoms with Crippen molar-refractivity contribution in [3.05, 3.63) is 53.0 Å². The van der Waals surface area contributed by atoms with Crippen LogP contribution in [0.2, 0.25) is 0 Å². The monoisotopic (exact) mass is 388 g/mol. The minimum Gasteiger partial charge on any atom is -0.378 e. The second kappa shape index (κ2) is 6.58. The van der Waals surface area contributed by atoms with Crippen LogP contribution in [-0.4, -0.2) is 47.2 Å². The second-order valence-corrected chi connectivity index (χ2v) is 7.83. The highest BCUT2D eigenvalue weighted by atomic mass is 32.2. The van der Waals surface area contributed by atoms with E-state index in [2.05, 4.69) is 20.6 Å². The SMILES string of the molecule is CN1CCN2NC(C(=O)Nc3ccc(F)c([C@]4(C)C=CSC(N)=N4)c3)C=C12. The Kier molecular flexibility index (Phi) is 4.35. The van der Waals surface area contributed by atoms with Gasteiger partial charge in [0.15, 0.2) is 5.17 Å². The number of aliphatic imine (C=N–C) groups is 1. The highest BCUT2D eigenvalue weighted by Crippen LogP contribution is 2.35. The lowest BCUT2D eigenvalue weighted by molar-refractivity contribution is -0.117. The predicted molar refractivity (Wildman–Crippen MR) is 105 cm³/mol. The molecule has 0 aromatic heterocycles. The molecule has 9 heteroatoms. The molecule has 142 valence electrons. The topological polar surface area (TPSA) is 86.0 Å². The molecule has 3 aliphatic heterocycles. The molecule has 2 atom stereocenters. The van der Waals surface area contributed by atoms with Crippen molar-refractivity contribution in [2.24, 2.45) is 10.7 Å². The van der Waals surface area contributed by atoms with Crippen LogP contribution in [0.3, 0.4) is 0 Å². The lowest BCUT2D eigenvalue weighted by Gasteiger charge is -2.26. The van der Waals surface area contributed by atoms with Crippen molar-refractivity contribution in [3.8, 4) is 0 Å². The average Bonchev–Trinajstić information content (AvgIpc) is 3.19. The Balaban J connectivity index is 1.55. The number of likely N-dealkylation sites (N-methyl/N-ethyl adjacent to an activating group) is 1. The molecule has 1 aromatic rings. The maximum atomic E-state index is 14.5. The summed E-state index contributed by atoms with van der Waals surface area (Å²) in [7, 11) is 1.99. The first-order valence-corrected chi connectivity index (χ1v) is 9.51. The maximum Gasteiger partial charge on any atom is 0.247 e. The van der Waals surface area contributed by atoms with Gasteiger partial charge in [-0.1, -0.05) is 11.8 Å². The molecule has 0 saturated carbocycles. The van der Waals surface area contributed by atoms with Gasteiger partial charge in [-0.2, -0.15) is 0 Å². The molecule has 0 bridgehead atoms. The van der Waals surface area contributed by atoms with Crippen LogP contribution in [0, 0.1) is 5.82 Å². The van der Waals surface area contributed by atoms with E-state index in [0.717, 1.165) is 18.9 Å². The molecule has 0 radical (unpaired) electrons. The van der Waals surface area contributed by atoms with Gasteiger partial charge in [-0.05, 0) is 42.7 Å². The Bertz CT molecular complexity index is 885. The number of nitrogens with one attached hydrogen (secondary N) is 2. The number of fused-ring (bicyclic) bond motifs is 1. The number of thioether (sulfide) groups is 1. The first-order valence-electron chi connectivity index (χ1n) is 8.63. The van der Waals surface area contributed by atoms with E-state index in [1.54, 1.807) is 30.5 Å². The van der Waals surface area contributed by atoms with Gasteiger partial charge >= 0.3 is 0 Å². The van der Waals surface area contributed by atoms with E-state index >= 15 is 0 Å². The van der Waals surface area contributed by atoms with Crippen LogP contribution >= 0.6 is 11.8 Å². The summed E-state index contributed by atoms with van der Waals surface area (Å²) >= 11 is 1.29. The molecule has 4 N–H and O–H groups in total. The molecule has 1 fully saturated rings. The van der Waals surface area contributed by atoms with Crippen LogP contribution in [0.25, 0.3) is 0 Å². The number of amides is 1. The van der Waals surface area contributed by atoms with Crippen LogP contribution in [-0.2, 0) is 10.3 Å². The van der Waals surface area contributed by atoms with Crippen molar-refractivity contribution < 1.29 is 9.18 Å². The zero-order chi connectivity index (χ0) is 19.2. The second-order valence-electron chi connectivity index (χ2n) is 6.91. The van der Waals surface area contributed by atoms with Gasteiger partial charge in [0.05, 0.1) is 6.54 Å². The summed E-state index contributed by atoms with van der Waals surface area (Å²) in [6.07, 6.45) is 3.69. The van der Waals surface area contributed by atoms with Gasteiger partial charge in [0.1, 0.15) is 23.2 Å². The molecule has 0 aliphatic carbocycles. The van der Waals surface area contributed by atoms with Gasteiger partial charge in [0, 0.05) is 24.8 Å². The summed E-state index contributed by atoms with van der Waals surface area (Å²) in [4.78, 5) is 19.1. The van der Waals surface area contributed by atoms with Crippen LogP contribution in [0.1, 0.15) is 12.5 Å². The number of hydrogen-bond donors (Lipinski definition) is 3. The van der Waals surface area contributed by atoms with E-state index in [-0.39, 0.29) is 5.91 Å². The lowest BCUT2D eigenvalue weighted by atomic mass is 9.92. The first kappa shape index (κ1) is 17.9. The Morgan fingerprint density at radius 3 is 3.04 bits per heavy atom. The van der Waals surface area contributed by atoms with Crippen molar-refractivity contribution in [2.45, 2.75) is 18.5 Å². The summed E-state index contributed by atoms with van der Waals surface area (Å²) in [5, 5.41) is 6.99. The number of rotatable bonds is 3. The van der Waals surface area contributed by atoms with E-state index in [9.17, 15) is 9.18 Å². The third kappa shape index (κ3) is 3.28. The zero-order valence-electron chi connectivity index (χ0n) is 15.1. The smallest absolute Gasteiger partial charge is 0.247 e. The van der Waals surface area contributed by atoms with Gasteiger partial charge in [-0.3, -0.25) is 9.80 Å². The van der Waals surface area contributed by atoms with E-state index in [0.29, 0.717) is 16.4 Å². The fourth-order valence-electron chi connectivity index (χ4n) is 3.41. The number of benzene rings is 1. The Labute approximate surface area is 161 Å². The minimum atomic E-state index is -0.904.